The van der Waals surface area contributed by atoms with Crippen molar-refractivity contribution < 1.29 is 0 Å². The van der Waals surface area contributed by atoms with Gasteiger partial charge < -0.3 is 5.73 Å². The first-order chi connectivity index (χ1) is 9.72. The number of hydrogen-bond acceptors (Lipinski definition) is 4. The SMILES string of the molecule is NC1CCCc2nc(CSc3ccc(Br)cc3)ncc21. The molecule has 2 N–H and O–H groups in total. The molecule has 1 heterocycles. The summed E-state index contributed by atoms with van der Waals surface area (Å²) in [4.78, 5) is 10.4. The lowest BCUT2D eigenvalue weighted by atomic mass is 9.93. The van der Waals surface area contributed by atoms with Crippen LogP contribution < -0.4 is 5.73 Å². The molecule has 0 aliphatic heterocycles. The minimum atomic E-state index is 0.118. The highest BCUT2D eigenvalue weighted by Crippen LogP contribution is 2.27. The standard InChI is InChI=1S/C15H16BrN3S/c16-10-4-6-11(7-5-10)20-9-15-18-8-12-13(17)2-1-3-14(12)19-15/h4-8,13H,1-3,9,17H2. The van der Waals surface area contributed by atoms with E-state index in [-0.39, 0.29) is 6.04 Å². The monoisotopic (exact) mass is 349 g/mol. The summed E-state index contributed by atoms with van der Waals surface area (Å²) >= 11 is 5.20. The van der Waals surface area contributed by atoms with Crippen molar-refractivity contribution in [2.75, 3.05) is 0 Å². The molecule has 5 heteroatoms. The molecule has 1 aliphatic rings. The predicted octanol–water partition coefficient (Wildman–Crippen LogP) is 3.87. The fourth-order valence-corrected chi connectivity index (χ4v) is 3.40. The molecule has 3 nitrogen and oxygen atoms in total. The molecule has 1 aromatic carbocycles. The number of rotatable bonds is 3. The number of benzene rings is 1. The summed E-state index contributed by atoms with van der Waals surface area (Å²) in [5.41, 5.74) is 8.36. The van der Waals surface area contributed by atoms with Crippen molar-refractivity contribution in [2.24, 2.45) is 5.73 Å². The van der Waals surface area contributed by atoms with Gasteiger partial charge in [-0.2, -0.15) is 0 Å². The Hall–Kier alpha value is -0.910. The predicted molar refractivity (Wildman–Crippen MR) is 85.6 cm³/mol. The van der Waals surface area contributed by atoms with E-state index in [0.717, 1.165) is 46.6 Å². The molecule has 0 bridgehead atoms. The Balaban J connectivity index is 1.70. The van der Waals surface area contributed by atoms with Crippen LogP contribution in [0, 0.1) is 0 Å². The minimum Gasteiger partial charge on any atom is -0.324 e. The second-order valence-electron chi connectivity index (χ2n) is 4.93. The number of aromatic nitrogens is 2. The fraction of sp³-hybridized carbons (Fsp3) is 0.333. The van der Waals surface area contributed by atoms with Crippen LogP contribution >= 0.6 is 27.7 Å². The second kappa shape index (κ2) is 6.24. The molecular formula is C15H16BrN3S. The van der Waals surface area contributed by atoms with E-state index in [2.05, 4.69) is 50.2 Å². The number of aryl methyl sites for hydroxylation is 1. The van der Waals surface area contributed by atoms with Crippen LogP contribution in [0.5, 0.6) is 0 Å². The first-order valence-electron chi connectivity index (χ1n) is 6.71. The van der Waals surface area contributed by atoms with Gasteiger partial charge in [0.15, 0.2) is 0 Å². The van der Waals surface area contributed by atoms with Gasteiger partial charge >= 0.3 is 0 Å². The number of nitrogens with zero attached hydrogens (tertiary/aromatic N) is 2. The molecule has 20 heavy (non-hydrogen) atoms. The molecule has 0 fully saturated rings. The molecule has 3 rings (SSSR count). The number of thioether (sulfide) groups is 1. The van der Waals surface area contributed by atoms with Crippen molar-refractivity contribution in [1.82, 2.24) is 9.97 Å². The van der Waals surface area contributed by atoms with Crippen molar-refractivity contribution in [3.8, 4) is 0 Å². The Morgan fingerprint density at radius 2 is 2.10 bits per heavy atom. The van der Waals surface area contributed by atoms with Gasteiger partial charge in [-0.25, -0.2) is 9.97 Å². The van der Waals surface area contributed by atoms with Crippen LogP contribution in [-0.4, -0.2) is 9.97 Å². The molecule has 1 atom stereocenters. The molecule has 1 aliphatic carbocycles. The topological polar surface area (TPSA) is 51.8 Å². The van der Waals surface area contributed by atoms with Crippen LogP contribution in [0.1, 0.15) is 36.0 Å². The largest absolute Gasteiger partial charge is 0.324 e. The molecule has 0 saturated carbocycles. The Morgan fingerprint density at radius 3 is 2.90 bits per heavy atom. The van der Waals surface area contributed by atoms with Crippen molar-refractivity contribution in [2.45, 2.75) is 36.0 Å². The van der Waals surface area contributed by atoms with Crippen molar-refractivity contribution in [1.29, 1.82) is 0 Å². The van der Waals surface area contributed by atoms with Crippen molar-refractivity contribution in [3.05, 3.63) is 52.0 Å². The van der Waals surface area contributed by atoms with Crippen LogP contribution in [0.15, 0.2) is 39.8 Å². The highest BCUT2D eigenvalue weighted by molar-refractivity contribution is 9.10. The van der Waals surface area contributed by atoms with Crippen molar-refractivity contribution >= 4 is 27.7 Å². The molecule has 0 radical (unpaired) electrons. The second-order valence-corrected chi connectivity index (χ2v) is 6.89. The molecule has 0 amide bonds. The van der Waals surface area contributed by atoms with E-state index in [4.69, 9.17) is 5.73 Å². The maximum Gasteiger partial charge on any atom is 0.138 e. The number of halogens is 1. The van der Waals surface area contributed by atoms with Gasteiger partial charge in [0.2, 0.25) is 0 Å². The van der Waals surface area contributed by atoms with Gasteiger partial charge in [-0.3, -0.25) is 0 Å². The number of fused-ring (bicyclic) bond motifs is 1. The van der Waals surface area contributed by atoms with Gasteiger partial charge in [0.1, 0.15) is 5.82 Å². The lowest BCUT2D eigenvalue weighted by Crippen LogP contribution is -2.19. The summed E-state index contributed by atoms with van der Waals surface area (Å²) in [6.07, 6.45) is 5.12. The molecular weight excluding hydrogens is 334 g/mol. The van der Waals surface area contributed by atoms with Gasteiger partial charge in [0, 0.05) is 32.9 Å². The molecule has 0 saturated heterocycles. The Morgan fingerprint density at radius 1 is 1.30 bits per heavy atom. The average molecular weight is 350 g/mol. The Kier molecular flexibility index (Phi) is 4.38. The lowest BCUT2D eigenvalue weighted by molar-refractivity contribution is 0.554. The molecule has 1 unspecified atom stereocenters. The normalized spacial score (nSPS) is 17.8. The zero-order valence-electron chi connectivity index (χ0n) is 11.1. The van der Waals surface area contributed by atoms with E-state index >= 15 is 0 Å². The van der Waals surface area contributed by atoms with E-state index in [1.807, 2.05) is 6.20 Å². The summed E-state index contributed by atoms with van der Waals surface area (Å²) in [5.74, 6) is 1.69. The maximum atomic E-state index is 6.09. The van der Waals surface area contributed by atoms with Gasteiger partial charge in [0.05, 0.1) is 5.75 Å². The van der Waals surface area contributed by atoms with Gasteiger partial charge in [-0.1, -0.05) is 15.9 Å². The van der Waals surface area contributed by atoms with Gasteiger partial charge in [-0.05, 0) is 43.5 Å². The minimum absolute atomic E-state index is 0.118. The van der Waals surface area contributed by atoms with Crippen molar-refractivity contribution in [3.63, 3.8) is 0 Å². The summed E-state index contributed by atoms with van der Waals surface area (Å²) in [7, 11) is 0. The zero-order valence-corrected chi connectivity index (χ0v) is 13.5. The Bertz CT molecular complexity index is 601. The number of nitrogens with two attached hydrogens (primary N) is 1. The molecule has 1 aromatic heterocycles. The molecule has 104 valence electrons. The van der Waals surface area contributed by atoms with Gasteiger partial charge in [-0.15, -0.1) is 11.8 Å². The third kappa shape index (κ3) is 3.22. The summed E-state index contributed by atoms with van der Waals surface area (Å²) in [5, 5.41) is 0. The van der Waals surface area contributed by atoms with Crippen LogP contribution in [0.2, 0.25) is 0 Å². The quantitative estimate of drug-likeness (QED) is 0.854. The van der Waals surface area contributed by atoms with Gasteiger partial charge in [0.25, 0.3) is 0 Å². The summed E-state index contributed by atoms with van der Waals surface area (Å²) in [6.45, 7) is 0. The van der Waals surface area contributed by atoms with E-state index in [0.29, 0.717) is 0 Å². The Labute approximate surface area is 131 Å². The third-order valence-corrected chi connectivity index (χ3v) is 5.00. The van der Waals surface area contributed by atoms with E-state index in [1.165, 1.54) is 4.90 Å². The zero-order chi connectivity index (χ0) is 13.9. The summed E-state index contributed by atoms with van der Waals surface area (Å²) < 4.78 is 1.10. The average Bonchev–Trinajstić information content (AvgIpc) is 2.47. The number of hydrogen-bond donors (Lipinski definition) is 1. The fourth-order valence-electron chi connectivity index (χ4n) is 2.37. The highest BCUT2D eigenvalue weighted by atomic mass is 79.9. The van der Waals surface area contributed by atoms with Crippen LogP contribution in [0.3, 0.4) is 0 Å². The van der Waals surface area contributed by atoms with E-state index < -0.39 is 0 Å². The first kappa shape index (κ1) is 14.0. The maximum absolute atomic E-state index is 6.09. The lowest BCUT2D eigenvalue weighted by Gasteiger charge is -2.20. The molecule has 0 spiro atoms. The van der Waals surface area contributed by atoms with Crippen LogP contribution in [-0.2, 0) is 12.2 Å². The van der Waals surface area contributed by atoms with E-state index in [1.54, 1.807) is 11.8 Å². The van der Waals surface area contributed by atoms with E-state index in [9.17, 15) is 0 Å². The highest BCUT2D eigenvalue weighted by Gasteiger charge is 2.18. The third-order valence-electron chi connectivity index (χ3n) is 3.46. The van der Waals surface area contributed by atoms with Crippen LogP contribution in [0.25, 0.3) is 0 Å². The van der Waals surface area contributed by atoms with Crippen LogP contribution in [0.4, 0.5) is 0 Å². The molecule has 2 aromatic rings. The smallest absolute Gasteiger partial charge is 0.138 e. The summed E-state index contributed by atoms with van der Waals surface area (Å²) in [6, 6.07) is 8.42. The first-order valence-corrected chi connectivity index (χ1v) is 8.49.